The lowest BCUT2D eigenvalue weighted by Gasteiger charge is -2.31. The van der Waals surface area contributed by atoms with Crippen LogP contribution in [0.2, 0.25) is 0 Å². The number of rotatable bonds is 2. The zero-order valence-electron chi connectivity index (χ0n) is 14.9. The lowest BCUT2D eigenvalue weighted by Crippen LogP contribution is -2.30. The molecule has 0 amide bonds. The van der Waals surface area contributed by atoms with Crippen LogP contribution in [0.1, 0.15) is 31.1 Å². The Morgan fingerprint density at radius 1 is 1.11 bits per heavy atom. The average molecular weight is 378 g/mol. The molecule has 2 atom stereocenters. The molecular formula is C19H22O8. The SMILES string of the molecule is CCOC(C)=O.Oc1cc(O)c2c(c1)O[C@H](c1ccc(O)c(O)c1)[C@@H](O)C2. The van der Waals surface area contributed by atoms with Crippen molar-refractivity contribution in [2.75, 3.05) is 6.61 Å². The first-order valence-corrected chi connectivity index (χ1v) is 8.27. The van der Waals surface area contributed by atoms with Crippen LogP contribution in [-0.4, -0.2) is 44.2 Å². The van der Waals surface area contributed by atoms with E-state index in [-0.39, 0.29) is 41.1 Å². The van der Waals surface area contributed by atoms with Crippen LogP contribution in [0.25, 0.3) is 0 Å². The van der Waals surface area contributed by atoms with Gasteiger partial charge in [-0.15, -0.1) is 0 Å². The molecule has 5 N–H and O–H groups in total. The number of aliphatic hydroxyl groups excluding tert-OH is 1. The highest BCUT2D eigenvalue weighted by atomic mass is 16.5. The lowest BCUT2D eigenvalue weighted by atomic mass is 9.94. The molecule has 0 fully saturated rings. The number of hydrogen-bond acceptors (Lipinski definition) is 8. The topological polar surface area (TPSA) is 137 Å². The molecule has 0 unspecified atom stereocenters. The standard InChI is InChI=1S/C15H14O6.C4H8O2/c16-8-4-11(18)9-6-13(20)15(21-14(9)5-8)7-1-2-10(17)12(19)3-7;1-3-6-4(2)5/h1-5,13,15-20H,6H2;3H2,1-2H3/t13-,15+;/m0./s1. The minimum atomic E-state index is -0.933. The first-order chi connectivity index (χ1) is 12.7. The van der Waals surface area contributed by atoms with E-state index in [1.807, 2.05) is 0 Å². The molecule has 8 nitrogen and oxygen atoms in total. The Morgan fingerprint density at radius 3 is 2.37 bits per heavy atom. The zero-order chi connectivity index (χ0) is 20.1. The molecular weight excluding hydrogens is 356 g/mol. The Labute approximate surface area is 155 Å². The third kappa shape index (κ3) is 4.95. The van der Waals surface area contributed by atoms with Crippen molar-refractivity contribution in [3.63, 3.8) is 0 Å². The second kappa shape index (κ2) is 8.50. The summed E-state index contributed by atoms with van der Waals surface area (Å²) in [4.78, 5) is 9.82. The van der Waals surface area contributed by atoms with Crippen LogP contribution in [0.3, 0.4) is 0 Å². The number of phenolic OH excluding ortho intramolecular Hbond substituents is 4. The van der Waals surface area contributed by atoms with Gasteiger partial charge in [0.1, 0.15) is 23.4 Å². The van der Waals surface area contributed by atoms with Gasteiger partial charge in [0.25, 0.3) is 0 Å². The number of esters is 1. The molecule has 8 heteroatoms. The van der Waals surface area contributed by atoms with Gasteiger partial charge in [0, 0.05) is 31.0 Å². The average Bonchev–Trinajstić information content (AvgIpc) is 2.58. The fourth-order valence-electron chi connectivity index (χ4n) is 2.67. The first kappa shape index (κ1) is 20.2. The van der Waals surface area contributed by atoms with Gasteiger partial charge in [-0.25, -0.2) is 0 Å². The first-order valence-electron chi connectivity index (χ1n) is 8.27. The molecule has 0 saturated carbocycles. The van der Waals surface area contributed by atoms with Gasteiger partial charge in [0.05, 0.1) is 12.7 Å². The van der Waals surface area contributed by atoms with E-state index in [1.165, 1.54) is 37.3 Å². The summed E-state index contributed by atoms with van der Waals surface area (Å²) in [5.41, 5.74) is 0.894. The van der Waals surface area contributed by atoms with E-state index >= 15 is 0 Å². The molecule has 0 saturated heterocycles. The molecule has 0 aliphatic carbocycles. The Kier molecular flexibility index (Phi) is 6.36. The Bertz CT molecular complexity index is 818. The number of fused-ring (bicyclic) bond motifs is 1. The predicted octanol–water partition coefficient (Wildman–Crippen LogP) is 2.12. The maximum atomic E-state index is 10.2. The summed E-state index contributed by atoms with van der Waals surface area (Å²) in [5.74, 6) is -0.800. The van der Waals surface area contributed by atoms with Crippen molar-refractivity contribution in [2.45, 2.75) is 32.5 Å². The number of aliphatic hydroxyl groups is 1. The third-order valence-corrected chi connectivity index (χ3v) is 3.86. The second-order valence-electron chi connectivity index (χ2n) is 5.92. The summed E-state index contributed by atoms with van der Waals surface area (Å²) in [6.45, 7) is 3.65. The number of benzene rings is 2. The molecule has 0 bridgehead atoms. The normalized spacial score (nSPS) is 17.7. The van der Waals surface area contributed by atoms with Gasteiger partial charge in [-0.3, -0.25) is 4.79 Å². The van der Waals surface area contributed by atoms with E-state index in [9.17, 15) is 30.3 Å². The molecule has 146 valence electrons. The molecule has 0 radical (unpaired) electrons. The molecule has 0 spiro atoms. The highest BCUT2D eigenvalue weighted by Crippen LogP contribution is 2.42. The van der Waals surface area contributed by atoms with Crippen LogP contribution in [0.4, 0.5) is 0 Å². The maximum absolute atomic E-state index is 10.2. The van der Waals surface area contributed by atoms with Gasteiger partial charge < -0.3 is 35.0 Å². The van der Waals surface area contributed by atoms with Gasteiger partial charge in [-0.05, 0) is 24.6 Å². The van der Waals surface area contributed by atoms with Crippen LogP contribution < -0.4 is 4.74 Å². The number of carbonyl (C=O) groups excluding carboxylic acids is 1. The van der Waals surface area contributed by atoms with Gasteiger partial charge in [-0.2, -0.15) is 0 Å². The molecule has 0 aromatic heterocycles. The van der Waals surface area contributed by atoms with Crippen molar-refractivity contribution in [1.82, 2.24) is 0 Å². The van der Waals surface area contributed by atoms with Crippen LogP contribution in [-0.2, 0) is 16.0 Å². The minimum absolute atomic E-state index is 0.143. The van der Waals surface area contributed by atoms with Gasteiger partial charge in [0.15, 0.2) is 11.5 Å². The van der Waals surface area contributed by atoms with Crippen molar-refractivity contribution in [1.29, 1.82) is 0 Å². The fraction of sp³-hybridized carbons (Fsp3) is 0.316. The van der Waals surface area contributed by atoms with Gasteiger partial charge in [0.2, 0.25) is 0 Å². The minimum Gasteiger partial charge on any atom is -0.508 e. The second-order valence-corrected chi connectivity index (χ2v) is 5.92. The number of ether oxygens (including phenoxy) is 2. The molecule has 2 aromatic rings. The Balaban J connectivity index is 0.000000380. The quantitative estimate of drug-likeness (QED) is 0.396. The highest BCUT2D eigenvalue weighted by Gasteiger charge is 2.32. The van der Waals surface area contributed by atoms with Crippen molar-refractivity contribution in [3.05, 3.63) is 41.5 Å². The van der Waals surface area contributed by atoms with E-state index in [2.05, 4.69) is 4.74 Å². The predicted molar refractivity (Wildman–Crippen MR) is 94.9 cm³/mol. The zero-order valence-corrected chi connectivity index (χ0v) is 14.9. The Morgan fingerprint density at radius 2 is 1.81 bits per heavy atom. The number of phenols is 4. The summed E-state index contributed by atoms with van der Waals surface area (Å²) < 4.78 is 10.0. The van der Waals surface area contributed by atoms with E-state index < -0.39 is 12.2 Å². The van der Waals surface area contributed by atoms with Crippen molar-refractivity contribution in [2.24, 2.45) is 0 Å². The summed E-state index contributed by atoms with van der Waals surface area (Å²) in [6.07, 6.45) is -1.56. The maximum Gasteiger partial charge on any atom is 0.302 e. The number of aromatic hydroxyl groups is 4. The monoisotopic (exact) mass is 378 g/mol. The summed E-state index contributed by atoms with van der Waals surface area (Å²) in [5, 5.41) is 48.3. The van der Waals surface area contributed by atoms with Gasteiger partial charge in [-0.1, -0.05) is 6.07 Å². The molecule has 1 aliphatic rings. The summed E-state index contributed by atoms with van der Waals surface area (Å²) in [7, 11) is 0. The van der Waals surface area contributed by atoms with Crippen LogP contribution in [0.15, 0.2) is 30.3 Å². The molecule has 2 aromatic carbocycles. The molecule has 3 rings (SSSR count). The molecule has 1 heterocycles. The largest absolute Gasteiger partial charge is 0.508 e. The summed E-state index contributed by atoms with van der Waals surface area (Å²) in [6, 6.07) is 6.67. The van der Waals surface area contributed by atoms with E-state index in [0.29, 0.717) is 17.7 Å². The highest BCUT2D eigenvalue weighted by molar-refractivity contribution is 5.65. The lowest BCUT2D eigenvalue weighted by molar-refractivity contribution is -0.140. The van der Waals surface area contributed by atoms with Crippen molar-refractivity contribution >= 4 is 5.97 Å². The molecule has 1 aliphatic heterocycles. The van der Waals surface area contributed by atoms with Crippen molar-refractivity contribution in [3.8, 4) is 28.7 Å². The summed E-state index contributed by atoms with van der Waals surface area (Å²) >= 11 is 0. The van der Waals surface area contributed by atoms with Crippen LogP contribution >= 0.6 is 0 Å². The number of hydrogen-bond donors (Lipinski definition) is 5. The smallest absolute Gasteiger partial charge is 0.302 e. The Hall–Kier alpha value is -3.13. The van der Waals surface area contributed by atoms with E-state index in [0.717, 1.165) is 0 Å². The van der Waals surface area contributed by atoms with E-state index in [1.54, 1.807) is 6.92 Å². The van der Waals surface area contributed by atoms with Crippen molar-refractivity contribution < 1.29 is 39.8 Å². The van der Waals surface area contributed by atoms with Gasteiger partial charge >= 0.3 is 5.97 Å². The number of carbonyl (C=O) groups is 1. The molecule has 27 heavy (non-hydrogen) atoms. The third-order valence-electron chi connectivity index (χ3n) is 3.86. The fourth-order valence-corrected chi connectivity index (χ4v) is 2.67. The van der Waals surface area contributed by atoms with Crippen LogP contribution in [0, 0.1) is 0 Å². The van der Waals surface area contributed by atoms with E-state index in [4.69, 9.17) is 4.74 Å². The van der Waals surface area contributed by atoms with Crippen LogP contribution in [0.5, 0.6) is 28.7 Å².